The van der Waals surface area contributed by atoms with Crippen LogP contribution in [0.2, 0.25) is 5.02 Å². The predicted molar refractivity (Wildman–Crippen MR) is 71.4 cm³/mol. The topological polar surface area (TPSA) is 45.4 Å². The summed E-state index contributed by atoms with van der Waals surface area (Å²) in [6.07, 6.45) is 1.52. The van der Waals surface area contributed by atoms with Crippen LogP contribution in [0.4, 0.5) is 4.39 Å². The quantitative estimate of drug-likeness (QED) is 0.886. The van der Waals surface area contributed by atoms with E-state index in [0.29, 0.717) is 18.8 Å². The van der Waals surface area contributed by atoms with E-state index in [2.05, 4.69) is 5.32 Å². The average Bonchev–Trinajstić information content (AvgIpc) is 2.88. The highest BCUT2D eigenvalue weighted by molar-refractivity contribution is 6.30. The molecule has 0 spiro atoms. The second-order valence-corrected chi connectivity index (χ2v) is 5.01. The molecule has 0 saturated heterocycles. The Morgan fingerprint density at radius 2 is 2.21 bits per heavy atom. The lowest BCUT2D eigenvalue weighted by Crippen LogP contribution is -2.34. The van der Waals surface area contributed by atoms with Crippen LogP contribution in [0.3, 0.4) is 0 Å². The molecule has 102 valence electrons. The molecular weight excluding hydrogens is 269 g/mol. The van der Waals surface area contributed by atoms with Crippen LogP contribution in [-0.4, -0.2) is 11.7 Å². The molecule has 1 aromatic carbocycles. The SMILES string of the molecule is CC(O)(CNCc1ccc(F)c(Cl)c1)c1ccco1. The van der Waals surface area contributed by atoms with Crippen molar-refractivity contribution in [2.24, 2.45) is 0 Å². The number of aliphatic hydroxyl groups is 1. The molecule has 0 aliphatic heterocycles. The number of nitrogens with one attached hydrogen (secondary N) is 1. The first-order valence-electron chi connectivity index (χ1n) is 5.90. The lowest BCUT2D eigenvalue weighted by Gasteiger charge is -2.21. The first kappa shape index (κ1) is 14.1. The second kappa shape index (κ2) is 5.74. The van der Waals surface area contributed by atoms with Crippen LogP contribution < -0.4 is 5.32 Å². The van der Waals surface area contributed by atoms with E-state index in [1.807, 2.05) is 0 Å². The fourth-order valence-corrected chi connectivity index (χ4v) is 1.98. The molecule has 1 aromatic heterocycles. The lowest BCUT2D eigenvalue weighted by atomic mass is 10.0. The van der Waals surface area contributed by atoms with Crippen molar-refractivity contribution >= 4 is 11.6 Å². The van der Waals surface area contributed by atoms with E-state index < -0.39 is 11.4 Å². The highest BCUT2D eigenvalue weighted by atomic mass is 35.5. The van der Waals surface area contributed by atoms with E-state index in [1.54, 1.807) is 31.2 Å². The maximum atomic E-state index is 13.0. The molecule has 1 atom stereocenters. The molecular formula is C14H15ClFNO2. The minimum Gasteiger partial charge on any atom is -0.466 e. The van der Waals surface area contributed by atoms with Gasteiger partial charge in [-0.25, -0.2) is 4.39 Å². The van der Waals surface area contributed by atoms with E-state index in [9.17, 15) is 9.50 Å². The minimum absolute atomic E-state index is 0.0945. The molecule has 0 fully saturated rings. The van der Waals surface area contributed by atoms with Gasteiger partial charge in [0.05, 0.1) is 11.3 Å². The molecule has 0 amide bonds. The van der Waals surface area contributed by atoms with E-state index in [-0.39, 0.29) is 5.02 Å². The largest absolute Gasteiger partial charge is 0.466 e. The summed E-state index contributed by atoms with van der Waals surface area (Å²) in [6, 6.07) is 7.98. The number of hydrogen-bond donors (Lipinski definition) is 2. The predicted octanol–water partition coefficient (Wildman–Crippen LogP) is 3.07. The Bertz CT molecular complexity index is 540. The van der Waals surface area contributed by atoms with Gasteiger partial charge in [-0.05, 0) is 36.8 Å². The Hall–Kier alpha value is -1.36. The summed E-state index contributed by atoms with van der Waals surface area (Å²) in [4.78, 5) is 0. The van der Waals surface area contributed by atoms with Crippen molar-refractivity contribution in [3.8, 4) is 0 Å². The van der Waals surface area contributed by atoms with Gasteiger partial charge in [-0.3, -0.25) is 0 Å². The fourth-order valence-electron chi connectivity index (χ4n) is 1.77. The highest BCUT2D eigenvalue weighted by Crippen LogP contribution is 2.20. The number of rotatable bonds is 5. The van der Waals surface area contributed by atoms with E-state index in [4.69, 9.17) is 16.0 Å². The Labute approximate surface area is 116 Å². The lowest BCUT2D eigenvalue weighted by molar-refractivity contribution is 0.0340. The third-order valence-electron chi connectivity index (χ3n) is 2.83. The molecule has 2 aromatic rings. The maximum absolute atomic E-state index is 13.0. The third kappa shape index (κ3) is 3.56. The standard InChI is InChI=1S/C14H15ClFNO2/c1-14(18,13-3-2-6-19-13)9-17-8-10-4-5-12(16)11(15)7-10/h2-7,17-18H,8-9H2,1H3. The van der Waals surface area contributed by atoms with Crippen LogP contribution >= 0.6 is 11.6 Å². The molecule has 2 rings (SSSR count). The molecule has 5 heteroatoms. The van der Waals surface area contributed by atoms with Crippen LogP contribution in [0.1, 0.15) is 18.2 Å². The van der Waals surface area contributed by atoms with Crippen LogP contribution in [0.25, 0.3) is 0 Å². The first-order valence-corrected chi connectivity index (χ1v) is 6.28. The minimum atomic E-state index is -1.09. The van der Waals surface area contributed by atoms with Crippen molar-refractivity contribution in [2.45, 2.75) is 19.1 Å². The zero-order valence-electron chi connectivity index (χ0n) is 10.5. The van der Waals surface area contributed by atoms with Gasteiger partial charge >= 0.3 is 0 Å². The molecule has 0 aliphatic carbocycles. The number of hydrogen-bond acceptors (Lipinski definition) is 3. The molecule has 1 unspecified atom stereocenters. The Morgan fingerprint density at radius 1 is 1.42 bits per heavy atom. The van der Waals surface area contributed by atoms with E-state index in [1.165, 1.54) is 12.3 Å². The molecule has 19 heavy (non-hydrogen) atoms. The van der Waals surface area contributed by atoms with Gasteiger partial charge in [0.1, 0.15) is 17.2 Å². The Balaban J connectivity index is 1.91. The van der Waals surface area contributed by atoms with Gasteiger partial charge in [0.25, 0.3) is 0 Å². The van der Waals surface area contributed by atoms with Gasteiger partial charge in [0.2, 0.25) is 0 Å². The molecule has 0 bridgehead atoms. The van der Waals surface area contributed by atoms with Crippen molar-refractivity contribution in [1.82, 2.24) is 5.32 Å². The number of halogens is 2. The number of benzene rings is 1. The second-order valence-electron chi connectivity index (χ2n) is 4.60. The molecule has 0 saturated carbocycles. The van der Waals surface area contributed by atoms with Crippen LogP contribution in [0.5, 0.6) is 0 Å². The fraction of sp³-hybridized carbons (Fsp3) is 0.286. The normalized spacial score (nSPS) is 14.3. The van der Waals surface area contributed by atoms with Gasteiger partial charge in [0.15, 0.2) is 0 Å². The van der Waals surface area contributed by atoms with Crippen LogP contribution in [0, 0.1) is 5.82 Å². The zero-order valence-corrected chi connectivity index (χ0v) is 11.2. The molecule has 2 N–H and O–H groups in total. The third-order valence-corrected chi connectivity index (χ3v) is 3.12. The van der Waals surface area contributed by atoms with Gasteiger partial charge in [-0.15, -0.1) is 0 Å². The monoisotopic (exact) mass is 283 g/mol. The summed E-state index contributed by atoms with van der Waals surface area (Å²) in [5, 5.41) is 13.4. The molecule has 0 radical (unpaired) electrons. The van der Waals surface area contributed by atoms with E-state index >= 15 is 0 Å². The first-order chi connectivity index (χ1) is 8.99. The smallest absolute Gasteiger partial charge is 0.141 e. The average molecular weight is 284 g/mol. The zero-order chi connectivity index (χ0) is 13.9. The van der Waals surface area contributed by atoms with Crippen LogP contribution in [0.15, 0.2) is 41.0 Å². The summed E-state index contributed by atoms with van der Waals surface area (Å²) >= 11 is 5.70. The van der Waals surface area contributed by atoms with Crippen molar-refractivity contribution in [3.63, 3.8) is 0 Å². The molecule has 0 aliphatic rings. The van der Waals surface area contributed by atoms with Crippen molar-refractivity contribution in [2.75, 3.05) is 6.54 Å². The molecule has 1 heterocycles. The van der Waals surface area contributed by atoms with Crippen LogP contribution in [-0.2, 0) is 12.1 Å². The summed E-state index contributed by atoms with van der Waals surface area (Å²) in [5.74, 6) is 0.0603. The summed E-state index contributed by atoms with van der Waals surface area (Å²) in [6.45, 7) is 2.46. The van der Waals surface area contributed by atoms with Gasteiger partial charge < -0.3 is 14.8 Å². The Kier molecular flexibility index (Phi) is 4.24. The summed E-state index contributed by atoms with van der Waals surface area (Å²) < 4.78 is 18.2. The highest BCUT2D eigenvalue weighted by Gasteiger charge is 2.25. The molecule has 3 nitrogen and oxygen atoms in total. The van der Waals surface area contributed by atoms with Gasteiger partial charge in [-0.2, -0.15) is 0 Å². The van der Waals surface area contributed by atoms with Gasteiger partial charge in [-0.1, -0.05) is 17.7 Å². The van der Waals surface area contributed by atoms with E-state index in [0.717, 1.165) is 5.56 Å². The van der Waals surface area contributed by atoms with Crippen molar-refractivity contribution in [3.05, 3.63) is 58.8 Å². The van der Waals surface area contributed by atoms with Crippen molar-refractivity contribution in [1.29, 1.82) is 0 Å². The summed E-state index contributed by atoms with van der Waals surface area (Å²) in [5.41, 5.74) is -0.241. The van der Waals surface area contributed by atoms with Gasteiger partial charge in [0, 0.05) is 13.1 Å². The summed E-state index contributed by atoms with van der Waals surface area (Å²) in [7, 11) is 0. The number of furan rings is 1. The van der Waals surface area contributed by atoms with Crippen molar-refractivity contribution < 1.29 is 13.9 Å². The Morgan fingerprint density at radius 3 is 2.84 bits per heavy atom. The maximum Gasteiger partial charge on any atom is 0.141 e.